The molecule has 84 valence electrons. The van der Waals surface area contributed by atoms with E-state index in [4.69, 9.17) is 5.73 Å². The number of rotatable bonds is 3. The third-order valence-corrected chi connectivity index (χ3v) is 5.04. The molecule has 0 saturated carbocycles. The van der Waals surface area contributed by atoms with Gasteiger partial charge in [0.2, 0.25) is 0 Å². The molecule has 5 heteroatoms. The molecule has 0 bridgehead atoms. The van der Waals surface area contributed by atoms with Crippen molar-refractivity contribution in [2.45, 2.75) is 25.4 Å². The van der Waals surface area contributed by atoms with Gasteiger partial charge in [0.1, 0.15) is 0 Å². The second-order valence-corrected chi connectivity index (χ2v) is 6.50. The molecule has 2 heterocycles. The van der Waals surface area contributed by atoms with E-state index in [1.54, 1.807) is 11.3 Å². The highest BCUT2D eigenvalue weighted by Gasteiger charge is 2.17. The molecule has 1 aromatic rings. The molecule has 3 N–H and O–H groups in total. The van der Waals surface area contributed by atoms with Gasteiger partial charge in [-0.3, -0.25) is 4.21 Å². The van der Waals surface area contributed by atoms with E-state index in [1.807, 2.05) is 11.4 Å². The van der Waals surface area contributed by atoms with Crippen molar-refractivity contribution in [2.24, 2.45) is 0 Å². The molecule has 1 aliphatic rings. The monoisotopic (exact) mass is 244 g/mol. The molecule has 0 atom stereocenters. The lowest BCUT2D eigenvalue weighted by molar-refractivity contribution is 0.477. The molecule has 1 saturated heterocycles. The average molecular weight is 244 g/mol. The van der Waals surface area contributed by atoms with Gasteiger partial charge >= 0.3 is 0 Å². The largest absolute Gasteiger partial charge is 0.398 e. The van der Waals surface area contributed by atoms with Gasteiger partial charge in [-0.25, -0.2) is 0 Å². The van der Waals surface area contributed by atoms with Gasteiger partial charge in [0.25, 0.3) is 0 Å². The summed E-state index contributed by atoms with van der Waals surface area (Å²) < 4.78 is 11.2. The number of anilines is 1. The standard InChI is InChI=1S/C10H16N2OS2/c11-9-1-4-14-10(9)7-12-8-2-5-15(13)6-3-8/h1,4,8,12H,2-3,5-7,11H2. The molecule has 1 fully saturated rings. The second-order valence-electron chi connectivity index (χ2n) is 3.80. The lowest BCUT2D eigenvalue weighted by Gasteiger charge is -2.22. The smallest absolute Gasteiger partial charge is 0.0468 e. The molecule has 15 heavy (non-hydrogen) atoms. The zero-order chi connectivity index (χ0) is 10.7. The Labute approximate surface area is 96.5 Å². The number of thiophene rings is 1. The maximum atomic E-state index is 11.2. The van der Waals surface area contributed by atoms with Crippen molar-refractivity contribution in [2.75, 3.05) is 17.2 Å². The van der Waals surface area contributed by atoms with Crippen molar-refractivity contribution >= 4 is 27.8 Å². The molecule has 0 radical (unpaired) electrons. The molecule has 3 nitrogen and oxygen atoms in total. The highest BCUT2D eigenvalue weighted by molar-refractivity contribution is 7.85. The first-order valence-corrected chi connectivity index (χ1v) is 7.52. The van der Waals surface area contributed by atoms with Crippen LogP contribution in [0.1, 0.15) is 17.7 Å². The van der Waals surface area contributed by atoms with Crippen molar-refractivity contribution in [3.05, 3.63) is 16.3 Å². The van der Waals surface area contributed by atoms with E-state index in [2.05, 4.69) is 5.32 Å². The van der Waals surface area contributed by atoms with Crippen molar-refractivity contribution < 1.29 is 4.21 Å². The second kappa shape index (κ2) is 5.09. The molecule has 1 aliphatic heterocycles. The maximum absolute atomic E-state index is 11.2. The summed E-state index contributed by atoms with van der Waals surface area (Å²) in [5.41, 5.74) is 6.68. The predicted molar refractivity (Wildman–Crippen MR) is 66.5 cm³/mol. The molecular formula is C10H16N2OS2. The van der Waals surface area contributed by atoms with Crippen LogP contribution in [-0.4, -0.2) is 21.8 Å². The van der Waals surface area contributed by atoms with E-state index in [1.165, 1.54) is 4.88 Å². The summed E-state index contributed by atoms with van der Waals surface area (Å²) in [5, 5.41) is 5.50. The van der Waals surface area contributed by atoms with E-state index >= 15 is 0 Å². The van der Waals surface area contributed by atoms with Crippen LogP contribution in [-0.2, 0) is 17.3 Å². The van der Waals surface area contributed by atoms with Crippen LogP contribution in [0, 0.1) is 0 Å². The van der Waals surface area contributed by atoms with Crippen LogP contribution >= 0.6 is 11.3 Å². The van der Waals surface area contributed by atoms with Crippen molar-refractivity contribution in [1.82, 2.24) is 5.32 Å². The highest BCUT2D eigenvalue weighted by atomic mass is 32.2. The van der Waals surface area contributed by atoms with E-state index in [-0.39, 0.29) is 0 Å². The molecule has 0 spiro atoms. The van der Waals surface area contributed by atoms with Gasteiger partial charge in [-0.05, 0) is 24.3 Å². The van der Waals surface area contributed by atoms with Crippen LogP contribution < -0.4 is 11.1 Å². The number of nitrogens with two attached hydrogens (primary N) is 1. The summed E-state index contributed by atoms with van der Waals surface area (Å²) in [4.78, 5) is 1.21. The Hall–Kier alpha value is -0.390. The average Bonchev–Trinajstić information content (AvgIpc) is 2.63. The first-order valence-electron chi connectivity index (χ1n) is 5.16. The summed E-state index contributed by atoms with van der Waals surface area (Å²) in [5.74, 6) is 1.69. The minimum atomic E-state index is -0.568. The lowest BCUT2D eigenvalue weighted by Crippen LogP contribution is -2.35. The summed E-state index contributed by atoms with van der Waals surface area (Å²) >= 11 is 1.69. The Morgan fingerprint density at radius 2 is 2.27 bits per heavy atom. The van der Waals surface area contributed by atoms with E-state index in [0.717, 1.165) is 36.6 Å². The van der Waals surface area contributed by atoms with Crippen LogP contribution in [0.3, 0.4) is 0 Å². The fraction of sp³-hybridized carbons (Fsp3) is 0.600. The van der Waals surface area contributed by atoms with E-state index < -0.39 is 10.8 Å². The van der Waals surface area contributed by atoms with Gasteiger partial charge in [0, 0.05) is 45.5 Å². The van der Waals surface area contributed by atoms with Crippen LogP contribution in [0.2, 0.25) is 0 Å². The molecule has 0 amide bonds. The third kappa shape index (κ3) is 3.03. The van der Waals surface area contributed by atoms with Crippen molar-refractivity contribution in [3.63, 3.8) is 0 Å². The molecular weight excluding hydrogens is 228 g/mol. The fourth-order valence-corrected chi connectivity index (χ4v) is 3.78. The number of hydrogen-bond donors (Lipinski definition) is 2. The van der Waals surface area contributed by atoms with Gasteiger partial charge in [0.15, 0.2) is 0 Å². The number of hydrogen-bond acceptors (Lipinski definition) is 4. The SMILES string of the molecule is Nc1ccsc1CNC1CCS(=O)CC1. The lowest BCUT2D eigenvalue weighted by atomic mass is 10.1. The molecule has 1 aromatic heterocycles. The third-order valence-electron chi connectivity index (χ3n) is 2.72. The quantitative estimate of drug-likeness (QED) is 0.843. The summed E-state index contributed by atoms with van der Waals surface area (Å²) in [6.45, 7) is 0.848. The van der Waals surface area contributed by atoms with Crippen molar-refractivity contribution in [1.29, 1.82) is 0 Å². The van der Waals surface area contributed by atoms with E-state index in [0.29, 0.717) is 6.04 Å². The topological polar surface area (TPSA) is 55.1 Å². The Morgan fingerprint density at radius 3 is 2.87 bits per heavy atom. The zero-order valence-corrected chi connectivity index (χ0v) is 10.2. The summed E-state index contributed by atoms with van der Waals surface area (Å²) in [7, 11) is -0.568. The van der Waals surface area contributed by atoms with Crippen LogP contribution in [0.4, 0.5) is 5.69 Å². The summed E-state index contributed by atoms with van der Waals surface area (Å²) in [6, 6.07) is 2.46. The first-order chi connectivity index (χ1) is 7.25. The van der Waals surface area contributed by atoms with E-state index in [9.17, 15) is 4.21 Å². The Balaban J connectivity index is 1.79. The predicted octanol–water partition coefficient (Wildman–Crippen LogP) is 1.33. The number of nitrogens with one attached hydrogen (secondary N) is 1. The highest BCUT2D eigenvalue weighted by Crippen LogP contribution is 2.19. The fourth-order valence-electron chi connectivity index (χ4n) is 1.73. The normalized spacial score (nSPS) is 26.7. The minimum absolute atomic E-state index is 0.518. The molecule has 0 aliphatic carbocycles. The van der Waals surface area contributed by atoms with Crippen LogP contribution in [0.25, 0.3) is 0 Å². The first kappa shape index (κ1) is 11.1. The summed E-state index contributed by atoms with van der Waals surface area (Å²) in [6.07, 6.45) is 2.05. The van der Waals surface area contributed by atoms with Crippen LogP contribution in [0.15, 0.2) is 11.4 Å². The van der Waals surface area contributed by atoms with Gasteiger partial charge in [-0.2, -0.15) is 0 Å². The van der Waals surface area contributed by atoms with Crippen molar-refractivity contribution in [3.8, 4) is 0 Å². The van der Waals surface area contributed by atoms with Gasteiger partial charge in [-0.1, -0.05) is 0 Å². The maximum Gasteiger partial charge on any atom is 0.0468 e. The Morgan fingerprint density at radius 1 is 1.53 bits per heavy atom. The Bertz CT molecular complexity index is 341. The van der Waals surface area contributed by atoms with Gasteiger partial charge in [0.05, 0.1) is 0 Å². The zero-order valence-electron chi connectivity index (χ0n) is 8.57. The molecule has 0 aromatic carbocycles. The molecule has 0 unspecified atom stereocenters. The van der Waals surface area contributed by atoms with Gasteiger partial charge < -0.3 is 11.1 Å². The molecule has 2 rings (SSSR count). The number of nitrogen functional groups attached to an aromatic ring is 1. The minimum Gasteiger partial charge on any atom is -0.398 e. The van der Waals surface area contributed by atoms with Gasteiger partial charge in [-0.15, -0.1) is 11.3 Å². The Kier molecular flexibility index (Phi) is 3.77. The van der Waals surface area contributed by atoms with Crippen LogP contribution in [0.5, 0.6) is 0 Å².